The minimum Gasteiger partial charge on any atom is -0.497 e. The largest absolute Gasteiger partial charge is 0.497 e. The van der Waals surface area contributed by atoms with E-state index in [1.54, 1.807) is 31.2 Å². The molecule has 0 aliphatic heterocycles. The Morgan fingerprint density at radius 1 is 1.11 bits per heavy atom. The van der Waals surface area contributed by atoms with E-state index in [0.29, 0.717) is 6.54 Å². The highest BCUT2D eigenvalue weighted by Crippen LogP contribution is 2.23. The number of ether oxygens (including phenoxy) is 1. The Hall–Kier alpha value is -2.60. The van der Waals surface area contributed by atoms with Gasteiger partial charge in [0.1, 0.15) is 11.6 Å². The highest BCUT2D eigenvalue weighted by Gasteiger charge is 2.20. The Balaban J connectivity index is 2.03. The van der Waals surface area contributed by atoms with Gasteiger partial charge in [-0.2, -0.15) is 0 Å². The number of hydrogen-bond acceptors (Lipinski definition) is 3. The molecule has 0 aliphatic carbocycles. The smallest absolute Gasteiger partial charge is 0.317 e. The van der Waals surface area contributed by atoms with Crippen molar-refractivity contribution in [3.63, 3.8) is 0 Å². The Bertz CT molecular complexity index is 749. The molecule has 0 bridgehead atoms. The number of likely N-dealkylation sites (N-methyl/N-ethyl adjacent to an activating group) is 1. The molecule has 0 saturated heterocycles. The molecule has 1 N–H and O–H groups in total. The zero-order valence-corrected chi connectivity index (χ0v) is 16.6. The summed E-state index contributed by atoms with van der Waals surface area (Å²) in [6.45, 7) is 2.37. The lowest BCUT2D eigenvalue weighted by atomic mass is 10.1. The number of urea groups is 1. The Labute approximate surface area is 160 Å². The van der Waals surface area contributed by atoms with Gasteiger partial charge in [-0.05, 0) is 56.4 Å². The molecule has 0 spiro atoms. The van der Waals surface area contributed by atoms with Crippen LogP contribution in [0.2, 0.25) is 0 Å². The monoisotopic (exact) mass is 373 g/mol. The van der Waals surface area contributed by atoms with Gasteiger partial charge in [0.05, 0.1) is 19.2 Å². The van der Waals surface area contributed by atoms with E-state index in [-0.39, 0.29) is 23.9 Å². The lowest BCUT2D eigenvalue weighted by Crippen LogP contribution is -2.42. The quantitative estimate of drug-likeness (QED) is 0.802. The molecule has 0 fully saturated rings. The number of rotatable bonds is 7. The molecular weight excluding hydrogens is 345 g/mol. The van der Waals surface area contributed by atoms with Gasteiger partial charge in [-0.15, -0.1) is 0 Å². The number of carbonyl (C=O) groups is 1. The Kier molecular flexibility index (Phi) is 7.19. The SMILES string of the molecule is COc1cccc([C@@H](CNC(=O)N(C)[C@H](C)c2ccc(F)cc2)N(C)C)c1. The van der Waals surface area contributed by atoms with E-state index in [2.05, 4.69) is 10.2 Å². The first-order chi connectivity index (χ1) is 12.8. The van der Waals surface area contributed by atoms with Crippen LogP contribution in [0.3, 0.4) is 0 Å². The summed E-state index contributed by atoms with van der Waals surface area (Å²) in [6.07, 6.45) is 0. The van der Waals surface area contributed by atoms with Crippen molar-refractivity contribution in [1.82, 2.24) is 15.1 Å². The second-order valence-electron chi connectivity index (χ2n) is 6.78. The molecule has 5 nitrogen and oxygen atoms in total. The van der Waals surface area contributed by atoms with E-state index in [9.17, 15) is 9.18 Å². The number of amides is 2. The van der Waals surface area contributed by atoms with Crippen LogP contribution in [-0.4, -0.2) is 50.6 Å². The van der Waals surface area contributed by atoms with Crippen molar-refractivity contribution in [2.75, 3.05) is 34.8 Å². The van der Waals surface area contributed by atoms with Gasteiger partial charge in [0, 0.05) is 13.6 Å². The van der Waals surface area contributed by atoms with Gasteiger partial charge in [0.25, 0.3) is 0 Å². The van der Waals surface area contributed by atoms with Crippen LogP contribution in [0.4, 0.5) is 9.18 Å². The maximum absolute atomic E-state index is 13.1. The third kappa shape index (κ3) is 5.44. The van der Waals surface area contributed by atoms with Gasteiger partial charge < -0.3 is 19.9 Å². The summed E-state index contributed by atoms with van der Waals surface area (Å²) in [4.78, 5) is 16.3. The Morgan fingerprint density at radius 2 is 1.78 bits per heavy atom. The zero-order chi connectivity index (χ0) is 20.0. The molecule has 2 atom stereocenters. The van der Waals surface area contributed by atoms with E-state index in [0.717, 1.165) is 16.9 Å². The average molecular weight is 373 g/mol. The number of hydrogen-bond donors (Lipinski definition) is 1. The number of nitrogens with zero attached hydrogens (tertiary/aromatic N) is 2. The minimum atomic E-state index is -0.287. The van der Waals surface area contributed by atoms with Crippen LogP contribution in [0.5, 0.6) is 5.75 Å². The highest BCUT2D eigenvalue weighted by atomic mass is 19.1. The lowest BCUT2D eigenvalue weighted by Gasteiger charge is -2.29. The van der Waals surface area contributed by atoms with E-state index < -0.39 is 0 Å². The first kappa shape index (κ1) is 20.7. The molecule has 0 aromatic heterocycles. The molecular formula is C21H28FN3O2. The molecule has 2 amide bonds. The van der Waals surface area contributed by atoms with Crippen LogP contribution >= 0.6 is 0 Å². The molecule has 27 heavy (non-hydrogen) atoms. The summed E-state index contributed by atoms with van der Waals surface area (Å²) in [6, 6.07) is 13.7. The zero-order valence-electron chi connectivity index (χ0n) is 16.6. The first-order valence-corrected chi connectivity index (χ1v) is 8.90. The molecule has 146 valence electrons. The van der Waals surface area contributed by atoms with Crippen LogP contribution in [0.25, 0.3) is 0 Å². The van der Waals surface area contributed by atoms with Crippen molar-refractivity contribution < 1.29 is 13.9 Å². The van der Waals surface area contributed by atoms with Crippen molar-refractivity contribution in [3.8, 4) is 5.75 Å². The van der Waals surface area contributed by atoms with Crippen molar-refractivity contribution in [2.24, 2.45) is 0 Å². The summed E-state index contributed by atoms with van der Waals surface area (Å²) in [5.41, 5.74) is 1.94. The van der Waals surface area contributed by atoms with Crippen LogP contribution < -0.4 is 10.1 Å². The van der Waals surface area contributed by atoms with Crippen molar-refractivity contribution in [1.29, 1.82) is 0 Å². The molecule has 0 radical (unpaired) electrons. The van der Waals surface area contributed by atoms with Crippen molar-refractivity contribution >= 4 is 6.03 Å². The van der Waals surface area contributed by atoms with Crippen molar-refractivity contribution in [3.05, 3.63) is 65.5 Å². The van der Waals surface area contributed by atoms with Gasteiger partial charge in [0.15, 0.2) is 0 Å². The number of methoxy groups -OCH3 is 1. The van der Waals surface area contributed by atoms with E-state index in [1.807, 2.05) is 45.3 Å². The summed E-state index contributed by atoms with van der Waals surface area (Å²) in [7, 11) is 7.32. The number of benzene rings is 2. The number of halogens is 1. The minimum absolute atomic E-state index is 0.0126. The molecule has 0 saturated carbocycles. The van der Waals surface area contributed by atoms with Crippen LogP contribution in [0, 0.1) is 5.82 Å². The van der Waals surface area contributed by atoms with Crippen LogP contribution in [0.15, 0.2) is 48.5 Å². The molecule has 2 rings (SSSR count). The van der Waals surface area contributed by atoms with Gasteiger partial charge in [0.2, 0.25) is 0 Å². The normalized spacial score (nSPS) is 13.1. The molecule has 6 heteroatoms. The second-order valence-corrected chi connectivity index (χ2v) is 6.78. The van der Waals surface area contributed by atoms with Gasteiger partial charge in [-0.25, -0.2) is 9.18 Å². The molecule has 0 unspecified atom stereocenters. The predicted octanol–water partition coefficient (Wildman–Crippen LogP) is 3.84. The molecule has 0 aliphatic rings. The van der Waals surface area contributed by atoms with Gasteiger partial charge in [-0.1, -0.05) is 24.3 Å². The molecule has 0 heterocycles. The van der Waals surface area contributed by atoms with Gasteiger partial charge in [-0.3, -0.25) is 0 Å². The number of carbonyl (C=O) groups excluding carboxylic acids is 1. The second kappa shape index (κ2) is 9.37. The standard InChI is InChI=1S/C21H28FN3O2/c1-15(16-9-11-18(22)12-10-16)25(4)21(26)23-14-20(24(2)3)17-7-6-8-19(13-17)27-5/h6-13,15,20H,14H2,1-5H3,(H,23,26)/t15-,20-/m1/s1. The molecule has 2 aromatic rings. The lowest BCUT2D eigenvalue weighted by molar-refractivity contribution is 0.189. The van der Waals surface area contributed by atoms with E-state index in [4.69, 9.17) is 4.74 Å². The predicted molar refractivity (Wildman–Crippen MR) is 105 cm³/mol. The Morgan fingerprint density at radius 3 is 2.37 bits per heavy atom. The first-order valence-electron chi connectivity index (χ1n) is 8.90. The maximum atomic E-state index is 13.1. The highest BCUT2D eigenvalue weighted by molar-refractivity contribution is 5.74. The fourth-order valence-corrected chi connectivity index (χ4v) is 2.90. The number of nitrogens with one attached hydrogen (secondary N) is 1. The topological polar surface area (TPSA) is 44.8 Å². The van der Waals surface area contributed by atoms with Gasteiger partial charge >= 0.3 is 6.03 Å². The van der Waals surface area contributed by atoms with Crippen LogP contribution in [-0.2, 0) is 0 Å². The summed E-state index contributed by atoms with van der Waals surface area (Å²) in [5, 5.41) is 2.99. The summed E-state index contributed by atoms with van der Waals surface area (Å²) >= 11 is 0. The maximum Gasteiger partial charge on any atom is 0.317 e. The summed E-state index contributed by atoms with van der Waals surface area (Å²) in [5.74, 6) is 0.498. The average Bonchev–Trinajstić information content (AvgIpc) is 2.67. The molecule has 2 aromatic carbocycles. The third-order valence-corrected chi connectivity index (χ3v) is 4.80. The fourth-order valence-electron chi connectivity index (χ4n) is 2.90. The van der Waals surface area contributed by atoms with E-state index in [1.165, 1.54) is 12.1 Å². The van der Waals surface area contributed by atoms with Crippen LogP contribution in [0.1, 0.15) is 30.1 Å². The third-order valence-electron chi connectivity index (χ3n) is 4.80. The van der Waals surface area contributed by atoms with Crippen molar-refractivity contribution in [2.45, 2.75) is 19.0 Å². The van der Waals surface area contributed by atoms with E-state index >= 15 is 0 Å². The fraction of sp³-hybridized carbons (Fsp3) is 0.381. The summed E-state index contributed by atoms with van der Waals surface area (Å²) < 4.78 is 18.4.